The molecule has 120 valence electrons. The number of esters is 1. The number of nitrogens with zero attached hydrogens (tertiary/aromatic N) is 1. The van der Waals surface area contributed by atoms with E-state index in [0.29, 0.717) is 18.6 Å². The van der Waals surface area contributed by atoms with Gasteiger partial charge in [0.2, 0.25) is 0 Å². The van der Waals surface area contributed by atoms with Gasteiger partial charge in [0.25, 0.3) is 0 Å². The fraction of sp³-hybridized carbons (Fsp3) is 0.625. The summed E-state index contributed by atoms with van der Waals surface area (Å²) in [6.45, 7) is 12.8. The quantitative estimate of drug-likeness (QED) is 0.429. The monoisotopic (exact) mass is 297 g/mol. The second kappa shape index (κ2) is 8.49. The predicted molar refractivity (Wildman–Crippen MR) is 83.0 cm³/mol. The maximum atomic E-state index is 12.1. The summed E-state index contributed by atoms with van der Waals surface area (Å²) in [7, 11) is 1.64. The summed E-state index contributed by atoms with van der Waals surface area (Å²) in [5.74, 6) is -0.385. The molecule has 0 radical (unpaired) electrons. The molecule has 0 aliphatic rings. The van der Waals surface area contributed by atoms with Gasteiger partial charge in [-0.25, -0.2) is 9.59 Å². The van der Waals surface area contributed by atoms with Crippen molar-refractivity contribution in [3.05, 3.63) is 24.3 Å². The normalized spacial score (nSPS) is 13.3. The fourth-order valence-electron chi connectivity index (χ4n) is 1.58. The SMILES string of the molecule is C=CC[C@@H](/C=C(\C)C(=O)OCC)N(C)C(=O)OC(C)(C)C. The van der Waals surface area contributed by atoms with Crippen molar-refractivity contribution in [3.8, 4) is 0 Å². The van der Waals surface area contributed by atoms with E-state index in [2.05, 4.69) is 6.58 Å². The Hall–Kier alpha value is -1.78. The average molecular weight is 297 g/mol. The van der Waals surface area contributed by atoms with Crippen LogP contribution in [0.4, 0.5) is 4.79 Å². The zero-order valence-corrected chi connectivity index (χ0v) is 13.9. The van der Waals surface area contributed by atoms with Gasteiger partial charge in [-0.1, -0.05) is 12.2 Å². The number of amides is 1. The number of hydrogen-bond acceptors (Lipinski definition) is 4. The minimum absolute atomic E-state index is 0.304. The van der Waals surface area contributed by atoms with Gasteiger partial charge < -0.3 is 14.4 Å². The Morgan fingerprint density at radius 3 is 2.33 bits per heavy atom. The highest BCUT2D eigenvalue weighted by molar-refractivity contribution is 5.88. The smallest absolute Gasteiger partial charge is 0.410 e. The lowest BCUT2D eigenvalue weighted by Crippen LogP contribution is -2.40. The Morgan fingerprint density at radius 1 is 1.33 bits per heavy atom. The van der Waals surface area contributed by atoms with Gasteiger partial charge in [0.15, 0.2) is 0 Å². The van der Waals surface area contributed by atoms with Crippen molar-refractivity contribution < 1.29 is 19.1 Å². The molecular weight excluding hydrogens is 270 g/mol. The molecule has 5 nitrogen and oxygen atoms in total. The van der Waals surface area contributed by atoms with Gasteiger partial charge >= 0.3 is 12.1 Å². The zero-order valence-electron chi connectivity index (χ0n) is 13.9. The molecule has 0 aliphatic carbocycles. The van der Waals surface area contributed by atoms with Crippen molar-refractivity contribution in [1.82, 2.24) is 4.90 Å². The first-order chi connectivity index (χ1) is 9.62. The Balaban J connectivity index is 5.04. The van der Waals surface area contributed by atoms with Crippen LogP contribution in [0.3, 0.4) is 0 Å². The molecule has 0 N–H and O–H groups in total. The molecule has 5 heteroatoms. The van der Waals surface area contributed by atoms with E-state index in [9.17, 15) is 9.59 Å². The van der Waals surface area contributed by atoms with Gasteiger partial charge in [0.1, 0.15) is 5.60 Å². The molecule has 0 spiro atoms. The second-order valence-corrected chi connectivity index (χ2v) is 5.75. The minimum atomic E-state index is -0.566. The van der Waals surface area contributed by atoms with E-state index in [4.69, 9.17) is 9.47 Å². The van der Waals surface area contributed by atoms with Crippen molar-refractivity contribution >= 4 is 12.1 Å². The first-order valence-electron chi connectivity index (χ1n) is 7.04. The highest BCUT2D eigenvalue weighted by atomic mass is 16.6. The molecule has 0 unspecified atom stereocenters. The largest absolute Gasteiger partial charge is 0.463 e. The lowest BCUT2D eigenvalue weighted by Gasteiger charge is -2.29. The van der Waals surface area contributed by atoms with Gasteiger partial charge in [-0.2, -0.15) is 0 Å². The van der Waals surface area contributed by atoms with E-state index in [1.807, 2.05) is 0 Å². The van der Waals surface area contributed by atoms with Crippen molar-refractivity contribution in [3.63, 3.8) is 0 Å². The third-order valence-electron chi connectivity index (χ3n) is 2.63. The molecule has 0 heterocycles. The van der Waals surface area contributed by atoms with Crippen molar-refractivity contribution in [1.29, 1.82) is 0 Å². The molecule has 1 amide bonds. The topological polar surface area (TPSA) is 55.8 Å². The van der Waals surface area contributed by atoms with Crippen molar-refractivity contribution in [2.24, 2.45) is 0 Å². The summed E-state index contributed by atoms with van der Waals surface area (Å²) in [6.07, 6.45) is 3.47. The van der Waals surface area contributed by atoms with E-state index in [1.165, 1.54) is 4.90 Å². The summed E-state index contributed by atoms with van der Waals surface area (Å²) in [5.41, 5.74) is -0.108. The van der Waals surface area contributed by atoms with E-state index in [1.54, 1.807) is 53.8 Å². The Kier molecular flexibility index (Phi) is 7.77. The molecule has 0 aliphatic heterocycles. The lowest BCUT2D eigenvalue weighted by atomic mass is 10.1. The van der Waals surface area contributed by atoms with Crippen LogP contribution >= 0.6 is 0 Å². The molecular formula is C16H27NO4. The van der Waals surface area contributed by atoms with Crippen molar-refractivity contribution in [2.45, 2.75) is 52.7 Å². The van der Waals surface area contributed by atoms with Crippen molar-refractivity contribution in [2.75, 3.05) is 13.7 Å². The summed E-state index contributed by atoms with van der Waals surface area (Å²) in [6, 6.07) is -0.304. The Morgan fingerprint density at radius 2 is 1.90 bits per heavy atom. The lowest BCUT2D eigenvalue weighted by molar-refractivity contribution is -0.138. The van der Waals surface area contributed by atoms with Crippen LogP contribution in [0.5, 0.6) is 0 Å². The Bertz CT molecular complexity index is 407. The van der Waals surface area contributed by atoms with Crippen LogP contribution in [-0.4, -0.2) is 42.3 Å². The van der Waals surface area contributed by atoms with Gasteiger partial charge in [0.05, 0.1) is 12.6 Å². The van der Waals surface area contributed by atoms with Gasteiger partial charge in [-0.15, -0.1) is 6.58 Å². The van der Waals surface area contributed by atoms with Crippen LogP contribution in [0.2, 0.25) is 0 Å². The van der Waals surface area contributed by atoms with Crippen LogP contribution in [0.15, 0.2) is 24.3 Å². The third-order valence-corrected chi connectivity index (χ3v) is 2.63. The van der Waals surface area contributed by atoms with Gasteiger partial charge in [0, 0.05) is 12.6 Å². The number of likely N-dealkylation sites (N-methyl/N-ethyl adjacent to an activating group) is 1. The molecule has 1 atom stereocenters. The van der Waals surface area contributed by atoms with Crippen LogP contribution in [-0.2, 0) is 14.3 Å². The molecule has 0 saturated carbocycles. The van der Waals surface area contributed by atoms with Gasteiger partial charge in [-0.05, 0) is 41.0 Å². The first kappa shape index (κ1) is 19.2. The van der Waals surface area contributed by atoms with E-state index >= 15 is 0 Å². The summed E-state index contributed by atoms with van der Waals surface area (Å²) < 4.78 is 10.3. The number of hydrogen-bond donors (Lipinski definition) is 0. The van der Waals surface area contributed by atoms with E-state index in [-0.39, 0.29) is 12.0 Å². The highest BCUT2D eigenvalue weighted by Gasteiger charge is 2.24. The molecule has 0 aromatic heterocycles. The maximum Gasteiger partial charge on any atom is 0.410 e. The Labute approximate surface area is 127 Å². The summed E-state index contributed by atoms with van der Waals surface area (Å²) in [4.78, 5) is 25.2. The molecule has 0 fully saturated rings. The zero-order chi connectivity index (χ0) is 16.6. The highest BCUT2D eigenvalue weighted by Crippen LogP contribution is 2.14. The number of ether oxygens (including phenoxy) is 2. The first-order valence-corrected chi connectivity index (χ1v) is 7.04. The minimum Gasteiger partial charge on any atom is -0.463 e. The van der Waals surface area contributed by atoms with Crippen LogP contribution in [0.1, 0.15) is 41.0 Å². The third kappa shape index (κ3) is 7.54. The fourth-order valence-corrected chi connectivity index (χ4v) is 1.58. The number of carbonyl (C=O) groups excluding carboxylic acids is 2. The van der Waals surface area contributed by atoms with E-state index in [0.717, 1.165) is 0 Å². The molecule has 21 heavy (non-hydrogen) atoms. The van der Waals surface area contributed by atoms with Crippen LogP contribution in [0, 0.1) is 0 Å². The molecule has 0 aromatic rings. The maximum absolute atomic E-state index is 12.1. The predicted octanol–water partition coefficient (Wildman–Crippen LogP) is 3.31. The second-order valence-electron chi connectivity index (χ2n) is 5.75. The molecule has 0 rings (SSSR count). The summed E-state index contributed by atoms with van der Waals surface area (Å²) >= 11 is 0. The molecule has 0 aromatic carbocycles. The van der Waals surface area contributed by atoms with Gasteiger partial charge in [-0.3, -0.25) is 0 Å². The van der Waals surface area contributed by atoms with Crippen LogP contribution in [0.25, 0.3) is 0 Å². The molecule has 0 bridgehead atoms. The average Bonchev–Trinajstić information content (AvgIpc) is 2.35. The standard InChI is InChI=1S/C16H27NO4/c1-8-10-13(11-12(3)14(18)20-9-2)17(7)15(19)21-16(4,5)6/h8,11,13H,1,9-10H2,2-7H3/b12-11+/t13-/m0/s1. The van der Waals surface area contributed by atoms with E-state index < -0.39 is 11.7 Å². The number of rotatable bonds is 6. The molecule has 0 saturated heterocycles. The van der Waals surface area contributed by atoms with Crippen LogP contribution < -0.4 is 0 Å². The number of carbonyl (C=O) groups is 2. The summed E-state index contributed by atoms with van der Waals surface area (Å²) in [5, 5.41) is 0.